The molecule has 0 aromatic heterocycles. The summed E-state index contributed by atoms with van der Waals surface area (Å²) in [7, 11) is 0. The van der Waals surface area contributed by atoms with Gasteiger partial charge in [0, 0.05) is 31.1 Å². The summed E-state index contributed by atoms with van der Waals surface area (Å²) < 4.78 is 13.6. The Bertz CT molecular complexity index is 663. The largest absolute Gasteiger partial charge is 0.352 e. The van der Waals surface area contributed by atoms with Gasteiger partial charge >= 0.3 is 0 Å². The van der Waals surface area contributed by atoms with Gasteiger partial charge in [-0.1, -0.05) is 24.6 Å². The lowest BCUT2D eigenvalue weighted by molar-refractivity contribution is -0.131. The van der Waals surface area contributed by atoms with Crippen LogP contribution in [0.2, 0.25) is 0 Å². The van der Waals surface area contributed by atoms with Crippen molar-refractivity contribution < 1.29 is 14.0 Å². The number of hydrogen-bond acceptors (Lipinski definition) is 2. The van der Waals surface area contributed by atoms with Crippen molar-refractivity contribution in [2.24, 2.45) is 17.8 Å². The van der Waals surface area contributed by atoms with Crippen LogP contribution in [0.4, 0.5) is 4.39 Å². The van der Waals surface area contributed by atoms with Gasteiger partial charge in [0.15, 0.2) is 0 Å². The van der Waals surface area contributed by atoms with Gasteiger partial charge in [0.25, 0.3) is 0 Å². The van der Waals surface area contributed by atoms with Crippen molar-refractivity contribution in [3.8, 4) is 0 Å². The summed E-state index contributed by atoms with van der Waals surface area (Å²) in [6, 6.07) is 6.78. The van der Waals surface area contributed by atoms with Crippen molar-refractivity contribution in [1.29, 1.82) is 0 Å². The number of amides is 2. The van der Waals surface area contributed by atoms with Crippen molar-refractivity contribution >= 4 is 11.8 Å². The first-order valence-electron chi connectivity index (χ1n) is 8.92. The number of carbonyl (C=O) groups excluding carboxylic acids is 2. The molecule has 0 spiro atoms. The minimum atomic E-state index is -0.316. The van der Waals surface area contributed by atoms with Gasteiger partial charge in [-0.25, -0.2) is 4.39 Å². The molecule has 0 unspecified atom stereocenters. The van der Waals surface area contributed by atoms with Crippen LogP contribution in [0.15, 0.2) is 24.3 Å². The smallest absolute Gasteiger partial charge is 0.225 e. The fourth-order valence-electron chi connectivity index (χ4n) is 4.79. The van der Waals surface area contributed by atoms with Crippen LogP contribution in [0.5, 0.6) is 0 Å². The second kappa shape index (κ2) is 6.19. The minimum Gasteiger partial charge on any atom is -0.352 e. The Morgan fingerprint density at radius 1 is 1.25 bits per heavy atom. The van der Waals surface area contributed by atoms with Crippen LogP contribution in [0.1, 0.15) is 37.7 Å². The maximum Gasteiger partial charge on any atom is 0.225 e. The summed E-state index contributed by atoms with van der Waals surface area (Å²) in [5.74, 6) is 0.768. The van der Waals surface area contributed by atoms with E-state index in [0.29, 0.717) is 24.1 Å². The lowest BCUT2D eigenvalue weighted by Crippen LogP contribution is -2.41. The minimum absolute atomic E-state index is 0.110. The molecule has 1 aliphatic heterocycles. The molecule has 128 valence electrons. The second-order valence-electron chi connectivity index (χ2n) is 7.50. The van der Waals surface area contributed by atoms with E-state index in [1.54, 1.807) is 18.2 Å². The van der Waals surface area contributed by atoms with E-state index in [1.165, 1.54) is 25.3 Å². The van der Waals surface area contributed by atoms with Crippen LogP contribution in [-0.4, -0.2) is 29.3 Å². The van der Waals surface area contributed by atoms with E-state index < -0.39 is 0 Å². The van der Waals surface area contributed by atoms with Crippen molar-refractivity contribution in [3.05, 3.63) is 35.6 Å². The predicted octanol–water partition coefficient (Wildman–Crippen LogP) is 2.48. The Morgan fingerprint density at radius 2 is 2.08 bits per heavy atom. The first-order chi connectivity index (χ1) is 11.6. The van der Waals surface area contributed by atoms with E-state index in [0.717, 1.165) is 12.3 Å². The average Bonchev–Trinajstić information content (AvgIpc) is 3.28. The molecule has 1 saturated heterocycles. The Balaban J connectivity index is 1.34. The molecular weight excluding hydrogens is 307 g/mol. The fraction of sp³-hybridized carbons (Fsp3) is 0.579. The first-order valence-corrected chi connectivity index (χ1v) is 8.92. The molecule has 1 aromatic rings. The number of fused-ring (bicyclic) bond motifs is 2. The fourth-order valence-corrected chi connectivity index (χ4v) is 4.79. The van der Waals surface area contributed by atoms with Gasteiger partial charge in [-0.05, 0) is 37.2 Å². The Hall–Kier alpha value is -1.91. The summed E-state index contributed by atoms with van der Waals surface area (Å²) in [6.07, 6.45) is 5.18. The molecule has 1 N–H and O–H groups in total. The number of carbonyl (C=O) groups is 2. The van der Waals surface area contributed by atoms with Gasteiger partial charge in [0.1, 0.15) is 5.82 Å². The summed E-state index contributed by atoms with van der Waals surface area (Å²) in [5.41, 5.74) is 0.472. The molecule has 1 aromatic carbocycles. The summed E-state index contributed by atoms with van der Waals surface area (Å²) in [5, 5.41) is 2.79. The van der Waals surface area contributed by atoms with E-state index in [1.807, 2.05) is 4.90 Å². The molecule has 5 heteroatoms. The third-order valence-corrected chi connectivity index (χ3v) is 6.04. The second-order valence-corrected chi connectivity index (χ2v) is 7.50. The van der Waals surface area contributed by atoms with Gasteiger partial charge in [-0.3, -0.25) is 9.59 Å². The molecular formula is C19H23FN2O2. The van der Waals surface area contributed by atoms with Crippen molar-refractivity contribution in [3.63, 3.8) is 0 Å². The van der Waals surface area contributed by atoms with E-state index in [2.05, 4.69) is 5.32 Å². The molecule has 2 amide bonds. The number of nitrogens with one attached hydrogen (secondary N) is 1. The van der Waals surface area contributed by atoms with E-state index >= 15 is 0 Å². The molecule has 4 nitrogen and oxygen atoms in total. The Kier molecular flexibility index (Phi) is 4.02. The van der Waals surface area contributed by atoms with Crippen LogP contribution in [-0.2, 0) is 16.1 Å². The average molecular weight is 330 g/mol. The molecule has 3 fully saturated rings. The molecule has 4 atom stereocenters. The monoisotopic (exact) mass is 330 g/mol. The number of benzene rings is 1. The summed E-state index contributed by atoms with van der Waals surface area (Å²) in [6.45, 7) is 0.695. The Morgan fingerprint density at radius 3 is 2.79 bits per heavy atom. The van der Waals surface area contributed by atoms with Crippen LogP contribution >= 0.6 is 0 Å². The molecule has 2 saturated carbocycles. The Labute approximate surface area is 141 Å². The van der Waals surface area contributed by atoms with E-state index in [9.17, 15) is 14.0 Å². The third-order valence-electron chi connectivity index (χ3n) is 6.04. The zero-order valence-electron chi connectivity index (χ0n) is 13.7. The quantitative estimate of drug-likeness (QED) is 0.922. The van der Waals surface area contributed by atoms with E-state index in [-0.39, 0.29) is 36.5 Å². The highest BCUT2D eigenvalue weighted by molar-refractivity contribution is 5.89. The van der Waals surface area contributed by atoms with Gasteiger partial charge in [0.05, 0.1) is 5.92 Å². The first kappa shape index (κ1) is 15.6. The van der Waals surface area contributed by atoms with Gasteiger partial charge < -0.3 is 10.2 Å². The summed E-state index contributed by atoms with van der Waals surface area (Å²) in [4.78, 5) is 26.7. The zero-order chi connectivity index (χ0) is 16.7. The molecule has 1 heterocycles. The third kappa shape index (κ3) is 2.80. The highest BCUT2D eigenvalue weighted by atomic mass is 19.1. The standard InChI is InChI=1S/C19H23FN2O2/c20-16-4-2-1-3-14(16)10-21-19(24)15-9-18(23)22(11-15)17-8-12-5-6-13(17)7-12/h1-4,12-13,15,17H,5-11H2,(H,21,24)/t12-,13-,15+,17+/m0/s1. The van der Waals surface area contributed by atoms with Crippen molar-refractivity contribution in [2.75, 3.05) is 6.54 Å². The number of hydrogen-bond donors (Lipinski definition) is 1. The predicted molar refractivity (Wildman–Crippen MR) is 87.3 cm³/mol. The number of rotatable bonds is 4. The highest BCUT2D eigenvalue weighted by Gasteiger charge is 2.47. The lowest BCUT2D eigenvalue weighted by Gasteiger charge is -2.31. The topological polar surface area (TPSA) is 49.4 Å². The highest BCUT2D eigenvalue weighted by Crippen LogP contribution is 2.47. The van der Waals surface area contributed by atoms with Crippen molar-refractivity contribution in [1.82, 2.24) is 10.2 Å². The SMILES string of the molecule is O=C(NCc1ccccc1F)[C@@H]1CC(=O)N([C@@H]2C[C@H]3CC[C@H]2C3)C1. The maximum atomic E-state index is 13.6. The van der Waals surface area contributed by atoms with Crippen molar-refractivity contribution in [2.45, 2.75) is 44.7 Å². The van der Waals surface area contributed by atoms with Crippen LogP contribution in [0.3, 0.4) is 0 Å². The molecule has 3 aliphatic rings. The van der Waals surface area contributed by atoms with Gasteiger partial charge in [0.2, 0.25) is 11.8 Å². The molecule has 2 bridgehead atoms. The summed E-state index contributed by atoms with van der Waals surface area (Å²) >= 11 is 0. The van der Waals surface area contributed by atoms with Gasteiger partial charge in [-0.15, -0.1) is 0 Å². The van der Waals surface area contributed by atoms with Crippen LogP contribution in [0.25, 0.3) is 0 Å². The molecule has 0 radical (unpaired) electrons. The maximum absolute atomic E-state index is 13.6. The normalized spacial score (nSPS) is 31.7. The number of nitrogens with zero attached hydrogens (tertiary/aromatic N) is 1. The molecule has 2 aliphatic carbocycles. The van der Waals surface area contributed by atoms with Crippen LogP contribution in [0, 0.1) is 23.6 Å². The van der Waals surface area contributed by atoms with E-state index in [4.69, 9.17) is 0 Å². The van der Waals surface area contributed by atoms with Gasteiger partial charge in [-0.2, -0.15) is 0 Å². The van der Waals surface area contributed by atoms with Crippen LogP contribution < -0.4 is 5.32 Å². The zero-order valence-corrected chi connectivity index (χ0v) is 13.7. The molecule has 24 heavy (non-hydrogen) atoms. The number of halogens is 1. The lowest BCUT2D eigenvalue weighted by atomic mass is 9.94. The number of likely N-dealkylation sites (tertiary alicyclic amines) is 1. The molecule has 4 rings (SSSR count).